The van der Waals surface area contributed by atoms with Gasteiger partial charge in [-0.1, -0.05) is 0 Å². The van der Waals surface area contributed by atoms with Crippen LogP contribution in [0, 0.1) is 0 Å². The van der Waals surface area contributed by atoms with E-state index >= 15 is 0 Å². The molecule has 2 aliphatic rings. The summed E-state index contributed by atoms with van der Waals surface area (Å²) in [7, 11) is 0. The van der Waals surface area contributed by atoms with Gasteiger partial charge in [0.2, 0.25) is 17.8 Å². The summed E-state index contributed by atoms with van der Waals surface area (Å²) in [6.07, 6.45) is -0.127. The Labute approximate surface area is 172 Å². The number of nitrogens with one attached hydrogen (secondary N) is 3. The van der Waals surface area contributed by atoms with Gasteiger partial charge in [0.25, 0.3) is 5.56 Å². The maximum Gasteiger partial charge on any atom is 0.258 e. The number of aromatic amines is 1. The summed E-state index contributed by atoms with van der Waals surface area (Å²) in [5.74, 6) is -0.565. The first-order valence-corrected chi connectivity index (χ1v) is 9.85. The molecule has 0 saturated carbocycles. The van der Waals surface area contributed by atoms with Crippen molar-refractivity contribution >= 4 is 29.3 Å². The molecule has 2 aliphatic heterocycles. The molecule has 0 unspecified atom stereocenters. The summed E-state index contributed by atoms with van der Waals surface area (Å²) in [6.45, 7) is 4.65. The van der Waals surface area contributed by atoms with Crippen molar-refractivity contribution in [1.29, 1.82) is 0 Å². The van der Waals surface area contributed by atoms with Crippen LogP contribution in [0.3, 0.4) is 0 Å². The van der Waals surface area contributed by atoms with Crippen molar-refractivity contribution in [3.63, 3.8) is 0 Å². The molecule has 2 aromatic rings. The van der Waals surface area contributed by atoms with Gasteiger partial charge in [-0.2, -0.15) is 4.98 Å². The normalized spacial score (nSPS) is 18.4. The van der Waals surface area contributed by atoms with Gasteiger partial charge in [-0.3, -0.25) is 19.4 Å². The Morgan fingerprint density at radius 1 is 1.27 bits per heavy atom. The van der Waals surface area contributed by atoms with Crippen LogP contribution in [0.15, 0.2) is 29.1 Å². The Bertz CT molecular complexity index is 998. The topological polar surface area (TPSA) is 126 Å². The molecular formula is C20H23N5O5. The molecule has 4 rings (SSSR count). The zero-order valence-corrected chi connectivity index (χ0v) is 16.6. The van der Waals surface area contributed by atoms with E-state index in [2.05, 4.69) is 20.6 Å². The van der Waals surface area contributed by atoms with E-state index in [9.17, 15) is 14.4 Å². The van der Waals surface area contributed by atoms with E-state index < -0.39 is 17.4 Å². The van der Waals surface area contributed by atoms with Gasteiger partial charge in [0.05, 0.1) is 31.3 Å². The zero-order chi connectivity index (χ0) is 21.1. The molecule has 1 fully saturated rings. The van der Waals surface area contributed by atoms with Crippen molar-refractivity contribution in [3.8, 4) is 5.75 Å². The average molecular weight is 413 g/mol. The summed E-state index contributed by atoms with van der Waals surface area (Å²) in [6, 6.07) is 6.89. The van der Waals surface area contributed by atoms with Crippen LogP contribution < -0.4 is 25.8 Å². The Balaban J connectivity index is 1.58. The predicted molar refractivity (Wildman–Crippen MR) is 110 cm³/mol. The van der Waals surface area contributed by atoms with E-state index in [4.69, 9.17) is 9.47 Å². The third-order valence-electron chi connectivity index (χ3n) is 5.00. The molecule has 30 heavy (non-hydrogen) atoms. The number of amides is 2. The molecule has 0 aliphatic carbocycles. The molecule has 0 spiro atoms. The molecule has 2 amide bonds. The number of morpholine rings is 1. The molecule has 158 valence electrons. The van der Waals surface area contributed by atoms with Crippen molar-refractivity contribution in [3.05, 3.63) is 40.2 Å². The molecule has 0 bridgehead atoms. The summed E-state index contributed by atoms with van der Waals surface area (Å²) >= 11 is 0. The highest BCUT2D eigenvalue weighted by atomic mass is 16.5. The zero-order valence-electron chi connectivity index (χ0n) is 16.6. The lowest BCUT2D eigenvalue weighted by molar-refractivity contribution is -0.123. The van der Waals surface area contributed by atoms with Crippen molar-refractivity contribution in [2.75, 3.05) is 48.4 Å². The summed E-state index contributed by atoms with van der Waals surface area (Å²) in [5.41, 5.74) is 0.272. The maximum atomic E-state index is 12.9. The Morgan fingerprint density at radius 3 is 2.70 bits per heavy atom. The lowest BCUT2D eigenvalue weighted by Gasteiger charge is -2.29. The Morgan fingerprint density at radius 2 is 2.00 bits per heavy atom. The van der Waals surface area contributed by atoms with Crippen LogP contribution in [0.5, 0.6) is 5.75 Å². The van der Waals surface area contributed by atoms with Gasteiger partial charge in [0.1, 0.15) is 11.6 Å². The number of aromatic nitrogens is 2. The second kappa shape index (κ2) is 8.54. The first-order valence-electron chi connectivity index (χ1n) is 9.85. The molecule has 10 heteroatoms. The maximum absolute atomic E-state index is 12.9. The van der Waals surface area contributed by atoms with Crippen LogP contribution in [-0.4, -0.2) is 54.7 Å². The number of hydrogen-bond acceptors (Lipinski definition) is 7. The number of carbonyl (C=O) groups excluding carboxylic acids is 2. The van der Waals surface area contributed by atoms with E-state index in [1.807, 2.05) is 11.8 Å². The third-order valence-corrected chi connectivity index (χ3v) is 5.00. The fraction of sp³-hybridized carbons (Fsp3) is 0.400. The second-order valence-corrected chi connectivity index (χ2v) is 7.00. The quantitative estimate of drug-likeness (QED) is 0.669. The fourth-order valence-corrected chi connectivity index (χ4v) is 3.54. The molecule has 1 aromatic heterocycles. The molecule has 10 nitrogen and oxygen atoms in total. The minimum Gasteiger partial charge on any atom is -0.494 e. The van der Waals surface area contributed by atoms with Crippen molar-refractivity contribution < 1.29 is 19.1 Å². The number of H-pyrrole nitrogens is 1. The summed E-state index contributed by atoms with van der Waals surface area (Å²) in [4.78, 5) is 47.0. The van der Waals surface area contributed by atoms with Gasteiger partial charge in [0, 0.05) is 25.2 Å². The van der Waals surface area contributed by atoms with Crippen molar-refractivity contribution in [1.82, 2.24) is 9.97 Å². The van der Waals surface area contributed by atoms with E-state index in [-0.39, 0.29) is 23.7 Å². The van der Waals surface area contributed by atoms with Crippen LogP contribution >= 0.6 is 0 Å². The molecule has 3 N–H and O–H groups in total. The second-order valence-electron chi connectivity index (χ2n) is 7.00. The Kier molecular flexibility index (Phi) is 5.66. The van der Waals surface area contributed by atoms with Gasteiger partial charge in [-0.05, 0) is 31.2 Å². The van der Waals surface area contributed by atoms with Crippen LogP contribution in [0.1, 0.15) is 24.8 Å². The number of nitrogens with zero attached hydrogens (tertiary/aromatic N) is 2. The minimum atomic E-state index is -0.935. The van der Waals surface area contributed by atoms with Gasteiger partial charge >= 0.3 is 0 Å². The minimum absolute atomic E-state index is 0.127. The SMILES string of the molecule is CCOc1ccc(NC(=O)[C@H]2CC(=O)Nc3nc(N4CCOCC4)[nH]c(=O)c32)cc1. The van der Waals surface area contributed by atoms with Crippen LogP contribution in [-0.2, 0) is 14.3 Å². The van der Waals surface area contributed by atoms with Crippen LogP contribution in [0.2, 0.25) is 0 Å². The first kappa shape index (κ1) is 19.9. The molecule has 1 saturated heterocycles. The number of hydrogen-bond donors (Lipinski definition) is 3. The van der Waals surface area contributed by atoms with Gasteiger partial charge in [-0.25, -0.2) is 0 Å². The van der Waals surface area contributed by atoms with Crippen molar-refractivity contribution in [2.24, 2.45) is 0 Å². The number of fused-ring (bicyclic) bond motifs is 1. The first-order chi connectivity index (χ1) is 14.5. The smallest absolute Gasteiger partial charge is 0.258 e. The number of ether oxygens (including phenoxy) is 2. The van der Waals surface area contributed by atoms with Crippen LogP contribution in [0.25, 0.3) is 0 Å². The van der Waals surface area contributed by atoms with Gasteiger partial charge in [0.15, 0.2) is 0 Å². The fourth-order valence-electron chi connectivity index (χ4n) is 3.54. The average Bonchev–Trinajstić information content (AvgIpc) is 2.75. The highest BCUT2D eigenvalue weighted by Crippen LogP contribution is 2.30. The van der Waals surface area contributed by atoms with Crippen molar-refractivity contribution in [2.45, 2.75) is 19.3 Å². The van der Waals surface area contributed by atoms with Gasteiger partial charge < -0.3 is 25.0 Å². The number of rotatable bonds is 5. The molecular weight excluding hydrogens is 390 g/mol. The lowest BCUT2D eigenvalue weighted by Crippen LogP contribution is -2.41. The predicted octanol–water partition coefficient (Wildman–Crippen LogP) is 1.07. The van der Waals surface area contributed by atoms with E-state index in [1.165, 1.54) is 0 Å². The summed E-state index contributed by atoms with van der Waals surface area (Å²) < 4.78 is 10.7. The summed E-state index contributed by atoms with van der Waals surface area (Å²) in [5, 5.41) is 5.39. The van der Waals surface area contributed by atoms with Crippen LogP contribution in [0.4, 0.5) is 17.5 Å². The number of anilines is 3. The third kappa shape index (κ3) is 4.13. The lowest BCUT2D eigenvalue weighted by atomic mass is 9.92. The molecule has 1 atom stereocenters. The molecule has 3 heterocycles. The van der Waals surface area contributed by atoms with E-state index in [0.717, 1.165) is 0 Å². The standard InChI is InChI=1S/C20H23N5O5/c1-2-30-13-5-3-12(4-6-13)21-18(27)14-11-15(26)22-17-16(14)19(28)24-20(23-17)25-7-9-29-10-8-25/h3-6,14H,2,7-11H2,1H3,(H,21,27)(H2,22,23,24,26,28)/t14-/m0/s1. The number of carbonyl (C=O) groups is 2. The highest BCUT2D eigenvalue weighted by Gasteiger charge is 2.35. The van der Waals surface area contributed by atoms with Gasteiger partial charge in [-0.15, -0.1) is 0 Å². The van der Waals surface area contributed by atoms with E-state index in [0.29, 0.717) is 50.3 Å². The highest BCUT2D eigenvalue weighted by molar-refractivity contribution is 6.04. The largest absolute Gasteiger partial charge is 0.494 e. The number of benzene rings is 1. The van der Waals surface area contributed by atoms with E-state index in [1.54, 1.807) is 24.3 Å². The molecule has 0 radical (unpaired) electrons. The Hall–Kier alpha value is -3.40. The molecule has 1 aromatic carbocycles. The monoisotopic (exact) mass is 413 g/mol.